The molecule has 37 heavy (non-hydrogen) atoms. The first-order valence-corrected chi connectivity index (χ1v) is 12.2. The number of rotatable bonds is 4. The van der Waals surface area contributed by atoms with Gasteiger partial charge in [0.15, 0.2) is 11.6 Å². The Morgan fingerprint density at radius 3 is 2.27 bits per heavy atom. The number of hydrogen-bond donors (Lipinski definition) is 1. The van der Waals surface area contributed by atoms with E-state index in [2.05, 4.69) is 25.2 Å². The molecule has 1 aliphatic heterocycles. The van der Waals surface area contributed by atoms with Crippen molar-refractivity contribution in [3.63, 3.8) is 0 Å². The summed E-state index contributed by atoms with van der Waals surface area (Å²) in [6.07, 6.45) is 3.87. The highest BCUT2D eigenvalue weighted by molar-refractivity contribution is 6.31. The second kappa shape index (κ2) is 10.7. The normalized spacial score (nSPS) is 13.9. The first-order valence-electron chi connectivity index (χ1n) is 11.8. The van der Waals surface area contributed by atoms with Gasteiger partial charge in [0, 0.05) is 61.0 Å². The minimum atomic E-state index is -0.689. The third-order valence-corrected chi connectivity index (χ3v) is 5.85. The summed E-state index contributed by atoms with van der Waals surface area (Å²) in [5, 5.41) is 2.93. The number of anilines is 2. The molecular formula is C26H28ClFN6O3. The average molecular weight is 527 g/mol. The van der Waals surface area contributed by atoms with Gasteiger partial charge in [0.2, 0.25) is 0 Å². The Labute approximate surface area is 219 Å². The van der Waals surface area contributed by atoms with Gasteiger partial charge in [-0.25, -0.2) is 24.1 Å². The van der Waals surface area contributed by atoms with Gasteiger partial charge in [-0.3, -0.25) is 4.79 Å². The van der Waals surface area contributed by atoms with Crippen LogP contribution in [0.2, 0.25) is 5.02 Å². The van der Waals surface area contributed by atoms with Gasteiger partial charge in [0.25, 0.3) is 5.91 Å². The van der Waals surface area contributed by atoms with Crippen molar-refractivity contribution in [2.45, 2.75) is 33.3 Å². The molecule has 194 valence electrons. The first-order chi connectivity index (χ1) is 17.5. The Morgan fingerprint density at radius 2 is 1.65 bits per heavy atom. The number of benzene rings is 1. The van der Waals surface area contributed by atoms with E-state index in [0.717, 1.165) is 5.69 Å². The van der Waals surface area contributed by atoms with Crippen molar-refractivity contribution in [3.8, 4) is 11.1 Å². The predicted molar refractivity (Wildman–Crippen MR) is 139 cm³/mol. The Morgan fingerprint density at radius 1 is 0.973 bits per heavy atom. The molecule has 0 atom stereocenters. The lowest BCUT2D eigenvalue weighted by atomic mass is 10.1. The van der Waals surface area contributed by atoms with Crippen molar-refractivity contribution >= 4 is 35.1 Å². The van der Waals surface area contributed by atoms with Gasteiger partial charge in [0.05, 0.1) is 5.56 Å². The lowest BCUT2D eigenvalue weighted by molar-refractivity contribution is 0.0240. The number of pyridine rings is 1. The van der Waals surface area contributed by atoms with Crippen LogP contribution in [0.15, 0.2) is 42.9 Å². The van der Waals surface area contributed by atoms with Crippen molar-refractivity contribution in [1.29, 1.82) is 0 Å². The van der Waals surface area contributed by atoms with E-state index in [-0.39, 0.29) is 17.5 Å². The number of ether oxygens (including phenoxy) is 1. The summed E-state index contributed by atoms with van der Waals surface area (Å²) in [6, 6.07) is 6.74. The first kappa shape index (κ1) is 26.3. The highest BCUT2D eigenvalue weighted by Crippen LogP contribution is 2.31. The number of piperazine rings is 1. The molecule has 3 aromatic rings. The molecule has 0 spiro atoms. The summed E-state index contributed by atoms with van der Waals surface area (Å²) in [5.41, 5.74) is 1.68. The predicted octanol–water partition coefficient (Wildman–Crippen LogP) is 4.95. The summed E-state index contributed by atoms with van der Waals surface area (Å²) in [5.74, 6) is -0.924. The highest BCUT2D eigenvalue weighted by Gasteiger charge is 2.26. The van der Waals surface area contributed by atoms with E-state index >= 15 is 0 Å². The zero-order valence-corrected chi connectivity index (χ0v) is 21.8. The van der Waals surface area contributed by atoms with E-state index in [4.69, 9.17) is 16.3 Å². The van der Waals surface area contributed by atoms with Gasteiger partial charge in [-0.1, -0.05) is 11.6 Å². The Hall–Kier alpha value is -3.79. The second-order valence-corrected chi connectivity index (χ2v) is 10.1. The molecule has 2 aromatic heterocycles. The number of carbonyl (C=O) groups is 2. The maximum atomic E-state index is 14.9. The SMILES string of the molecule is Cc1ncc(C(=O)Nc2ncc(-c3cc(Cl)cc(N4CCN(C(=O)OC(C)(C)C)CC4)c3)cc2F)cn1. The van der Waals surface area contributed by atoms with Crippen LogP contribution in [0.1, 0.15) is 37.0 Å². The standard InChI is InChI=1S/C26H28ClFN6O3/c1-16-29-14-19(15-30-16)24(35)32-23-22(28)11-18(13-31-23)17-9-20(27)12-21(10-17)33-5-7-34(8-6-33)25(36)37-26(2,3)4/h9-15H,5-8H2,1-4H3,(H,31,32,35). The monoisotopic (exact) mass is 526 g/mol. The summed E-state index contributed by atoms with van der Waals surface area (Å²) >= 11 is 6.40. The van der Waals surface area contributed by atoms with Crippen LogP contribution in [0, 0.1) is 12.7 Å². The molecule has 9 nitrogen and oxygen atoms in total. The maximum absolute atomic E-state index is 14.9. The van der Waals surface area contributed by atoms with Crippen LogP contribution in [-0.4, -0.2) is 63.6 Å². The lowest BCUT2D eigenvalue weighted by Crippen LogP contribution is -2.50. The molecule has 0 bridgehead atoms. The van der Waals surface area contributed by atoms with Gasteiger partial charge in [-0.05, 0) is 57.5 Å². The molecule has 0 saturated carbocycles. The zero-order chi connectivity index (χ0) is 26.7. The third-order valence-electron chi connectivity index (χ3n) is 5.63. The molecule has 1 aromatic carbocycles. The van der Waals surface area contributed by atoms with E-state index in [9.17, 15) is 14.0 Å². The number of halogens is 2. The van der Waals surface area contributed by atoms with Gasteiger partial charge >= 0.3 is 6.09 Å². The molecule has 4 rings (SSSR count). The molecule has 0 radical (unpaired) electrons. The molecule has 1 aliphatic rings. The van der Waals surface area contributed by atoms with E-state index < -0.39 is 17.3 Å². The summed E-state index contributed by atoms with van der Waals surface area (Å²) in [4.78, 5) is 40.6. The van der Waals surface area contributed by atoms with Crippen molar-refractivity contribution < 1.29 is 18.7 Å². The molecular weight excluding hydrogens is 499 g/mol. The van der Waals surface area contributed by atoms with E-state index in [1.165, 1.54) is 24.7 Å². The fourth-order valence-corrected chi connectivity index (χ4v) is 4.00. The second-order valence-electron chi connectivity index (χ2n) is 9.68. The van der Waals surface area contributed by atoms with Crippen LogP contribution in [-0.2, 0) is 4.74 Å². The van der Waals surface area contributed by atoms with Crippen molar-refractivity contribution in [2.75, 3.05) is 36.4 Å². The molecule has 1 saturated heterocycles. The minimum absolute atomic E-state index is 0.196. The Bertz CT molecular complexity index is 1300. The quantitative estimate of drug-likeness (QED) is 0.513. The molecule has 3 heterocycles. The fraction of sp³-hybridized carbons (Fsp3) is 0.346. The summed E-state index contributed by atoms with van der Waals surface area (Å²) in [7, 11) is 0. The van der Waals surface area contributed by atoms with Gasteiger partial charge in [-0.15, -0.1) is 0 Å². The molecule has 2 amide bonds. The summed E-state index contributed by atoms with van der Waals surface area (Å²) < 4.78 is 20.3. The smallest absolute Gasteiger partial charge is 0.410 e. The zero-order valence-electron chi connectivity index (χ0n) is 21.1. The summed E-state index contributed by atoms with van der Waals surface area (Å²) in [6.45, 7) is 9.43. The van der Waals surface area contributed by atoms with E-state index in [1.54, 1.807) is 17.9 Å². The Kier molecular flexibility index (Phi) is 7.58. The van der Waals surface area contributed by atoms with Gasteiger partial charge in [-0.2, -0.15) is 0 Å². The average Bonchev–Trinajstić information content (AvgIpc) is 2.84. The van der Waals surface area contributed by atoms with Crippen LogP contribution < -0.4 is 10.2 Å². The lowest BCUT2D eigenvalue weighted by Gasteiger charge is -2.37. The number of nitrogens with zero attached hydrogens (tertiary/aromatic N) is 5. The van der Waals surface area contributed by atoms with E-state index in [1.807, 2.05) is 32.9 Å². The maximum Gasteiger partial charge on any atom is 0.410 e. The van der Waals surface area contributed by atoms with Crippen LogP contribution in [0.25, 0.3) is 11.1 Å². The van der Waals surface area contributed by atoms with Crippen molar-refractivity contribution in [3.05, 3.63) is 65.1 Å². The van der Waals surface area contributed by atoms with Crippen molar-refractivity contribution in [1.82, 2.24) is 19.9 Å². The number of carbonyl (C=O) groups excluding carboxylic acids is 2. The molecule has 0 aliphatic carbocycles. The fourth-order valence-electron chi connectivity index (χ4n) is 3.77. The number of nitrogens with one attached hydrogen (secondary N) is 1. The highest BCUT2D eigenvalue weighted by atomic mass is 35.5. The van der Waals surface area contributed by atoms with Gasteiger partial charge in [0.1, 0.15) is 11.4 Å². The van der Waals surface area contributed by atoms with Crippen LogP contribution in [0.4, 0.5) is 20.7 Å². The Balaban J connectivity index is 1.46. The number of aromatic nitrogens is 3. The topological polar surface area (TPSA) is 101 Å². The van der Waals surface area contributed by atoms with Gasteiger partial charge < -0.3 is 19.9 Å². The number of amides is 2. The largest absolute Gasteiger partial charge is 0.444 e. The molecule has 1 fully saturated rings. The van der Waals surface area contributed by atoms with E-state index in [0.29, 0.717) is 48.2 Å². The van der Waals surface area contributed by atoms with Crippen LogP contribution in [0.3, 0.4) is 0 Å². The van der Waals surface area contributed by atoms with Crippen LogP contribution in [0.5, 0.6) is 0 Å². The molecule has 1 N–H and O–H groups in total. The number of aryl methyl sites for hydroxylation is 1. The third kappa shape index (κ3) is 6.71. The van der Waals surface area contributed by atoms with Crippen molar-refractivity contribution in [2.24, 2.45) is 0 Å². The number of hydrogen-bond acceptors (Lipinski definition) is 7. The molecule has 0 unspecified atom stereocenters. The minimum Gasteiger partial charge on any atom is -0.444 e. The van der Waals surface area contributed by atoms with Crippen LogP contribution >= 0.6 is 11.6 Å². The molecule has 11 heteroatoms.